The van der Waals surface area contributed by atoms with Crippen molar-refractivity contribution in [3.8, 4) is 0 Å². The van der Waals surface area contributed by atoms with Gasteiger partial charge in [0, 0.05) is 22.6 Å². The Morgan fingerprint density at radius 3 is 2.56 bits per heavy atom. The molecule has 0 saturated heterocycles. The maximum atomic E-state index is 13.5. The molecule has 0 aliphatic heterocycles. The van der Waals surface area contributed by atoms with Gasteiger partial charge in [-0.15, -0.1) is 0 Å². The first-order chi connectivity index (χ1) is 7.54. The predicted octanol–water partition coefficient (Wildman–Crippen LogP) is 2.44. The van der Waals surface area contributed by atoms with Gasteiger partial charge in [0.15, 0.2) is 0 Å². The summed E-state index contributed by atoms with van der Waals surface area (Å²) >= 11 is 3.12. The Hall–Kier alpha value is -0.590. The quantitative estimate of drug-likeness (QED) is 0.876. The third kappa shape index (κ3) is 3.77. The Balaban J connectivity index is 2.78. The van der Waals surface area contributed by atoms with Gasteiger partial charge < -0.3 is 11.1 Å². The number of rotatable bonds is 5. The molecule has 1 rings (SSSR count). The Morgan fingerprint density at radius 2 is 2.06 bits per heavy atom. The zero-order chi connectivity index (χ0) is 12.1. The molecule has 0 aromatic heterocycles. The van der Waals surface area contributed by atoms with Crippen LogP contribution in [0, 0.1) is 5.82 Å². The molecule has 0 radical (unpaired) electrons. The van der Waals surface area contributed by atoms with Crippen molar-refractivity contribution in [2.75, 3.05) is 13.1 Å². The lowest BCUT2D eigenvalue weighted by atomic mass is 10.1. The van der Waals surface area contributed by atoms with Crippen molar-refractivity contribution in [3.63, 3.8) is 0 Å². The molecule has 3 N–H and O–H groups in total. The van der Waals surface area contributed by atoms with Gasteiger partial charge in [0.2, 0.25) is 0 Å². The lowest BCUT2D eigenvalue weighted by Crippen LogP contribution is -2.32. The maximum absolute atomic E-state index is 13.5. The highest BCUT2D eigenvalue weighted by Crippen LogP contribution is 2.20. The van der Waals surface area contributed by atoms with E-state index in [1.165, 1.54) is 12.1 Å². The summed E-state index contributed by atoms with van der Waals surface area (Å²) < 4.78 is 38.1. The zero-order valence-corrected chi connectivity index (χ0v) is 9.98. The van der Waals surface area contributed by atoms with Crippen LogP contribution in [-0.4, -0.2) is 19.5 Å². The Kier molecular flexibility index (Phi) is 5.24. The SMILES string of the molecule is NCC(NCC(F)F)c1ccc(Br)cc1F. The Bertz CT molecular complexity index is 347. The van der Waals surface area contributed by atoms with Crippen LogP contribution in [-0.2, 0) is 0 Å². The van der Waals surface area contributed by atoms with Gasteiger partial charge in [-0.1, -0.05) is 22.0 Å². The van der Waals surface area contributed by atoms with E-state index in [0.717, 1.165) is 0 Å². The molecule has 0 aliphatic rings. The molecule has 1 unspecified atom stereocenters. The molecule has 0 spiro atoms. The molecule has 0 saturated carbocycles. The van der Waals surface area contributed by atoms with Crippen LogP contribution >= 0.6 is 15.9 Å². The van der Waals surface area contributed by atoms with Gasteiger partial charge in [-0.05, 0) is 12.1 Å². The van der Waals surface area contributed by atoms with Crippen LogP contribution in [0.15, 0.2) is 22.7 Å². The molecule has 0 aliphatic carbocycles. The van der Waals surface area contributed by atoms with E-state index in [-0.39, 0.29) is 6.54 Å². The van der Waals surface area contributed by atoms with Gasteiger partial charge in [-0.2, -0.15) is 0 Å². The summed E-state index contributed by atoms with van der Waals surface area (Å²) in [6.07, 6.45) is -2.48. The van der Waals surface area contributed by atoms with Crippen LogP contribution in [0.2, 0.25) is 0 Å². The van der Waals surface area contributed by atoms with Crippen molar-refractivity contribution >= 4 is 15.9 Å². The average Bonchev–Trinajstić information content (AvgIpc) is 2.21. The summed E-state index contributed by atoms with van der Waals surface area (Å²) in [5, 5.41) is 2.52. The molecule has 0 heterocycles. The van der Waals surface area contributed by atoms with Crippen LogP contribution in [0.4, 0.5) is 13.2 Å². The van der Waals surface area contributed by atoms with E-state index in [1.807, 2.05) is 0 Å². The summed E-state index contributed by atoms with van der Waals surface area (Å²) in [6.45, 7) is -0.442. The first-order valence-corrected chi connectivity index (χ1v) is 5.50. The molecule has 0 fully saturated rings. The van der Waals surface area contributed by atoms with Crippen LogP contribution in [0.25, 0.3) is 0 Å². The summed E-state index contributed by atoms with van der Waals surface area (Å²) in [7, 11) is 0. The summed E-state index contributed by atoms with van der Waals surface area (Å²) in [4.78, 5) is 0. The number of benzene rings is 1. The lowest BCUT2D eigenvalue weighted by molar-refractivity contribution is 0.141. The third-order valence-electron chi connectivity index (χ3n) is 2.09. The molecule has 16 heavy (non-hydrogen) atoms. The number of alkyl halides is 2. The average molecular weight is 297 g/mol. The number of nitrogens with one attached hydrogen (secondary N) is 1. The fourth-order valence-corrected chi connectivity index (χ4v) is 1.67. The third-order valence-corrected chi connectivity index (χ3v) is 2.59. The maximum Gasteiger partial charge on any atom is 0.250 e. The van der Waals surface area contributed by atoms with Crippen molar-refractivity contribution in [3.05, 3.63) is 34.1 Å². The van der Waals surface area contributed by atoms with E-state index in [0.29, 0.717) is 10.0 Å². The molecule has 1 aromatic rings. The minimum atomic E-state index is -2.48. The van der Waals surface area contributed by atoms with Gasteiger partial charge in [0.25, 0.3) is 6.43 Å². The first kappa shape index (κ1) is 13.5. The molecule has 0 amide bonds. The largest absolute Gasteiger partial charge is 0.329 e. The Morgan fingerprint density at radius 1 is 1.38 bits per heavy atom. The minimum Gasteiger partial charge on any atom is -0.329 e. The van der Waals surface area contributed by atoms with Gasteiger partial charge in [-0.3, -0.25) is 0 Å². The van der Waals surface area contributed by atoms with Crippen molar-refractivity contribution in [1.29, 1.82) is 0 Å². The van der Waals surface area contributed by atoms with Crippen LogP contribution in [0.5, 0.6) is 0 Å². The number of nitrogens with two attached hydrogens (primary N) is 1. The standard InChI is InChI=1S/C10H12BrF3N2/c11-6-1-2-7(8(12)3-6)9(4-15)16-5-10(13)14/h1-3,9-10,16H,4-5,15H2. The van der Waals surface area contributed by atoms with Crippen molar-refractivity contribution in [2.24, 2.45) is 5.73 Å². The van der Waals surface area contributed by atoms with Crippen LogP contribution < -0.4 is 11.1 Å². The zero-order valence-electron chi connectivity index (χ0n) is 8.39. The molecular formula is C10H12BrF3N2. The fraction of sp³-hybridized carbons (Fsp3) is 0.400. The van der Waals surface area contributed by atoms with E-state index in [4.69, 9.17) is 5.73 Å². The van der Waals surface area contributed by atoms with Gasteiger partial charge in [0.05, 0.1) is 6.54 Å². The van der Waals surface area contributed by atoms with Crippen molar-refractivity contribution < 1.29 is 13.2 Å². The minimum absolute atomic E-state index is 0.0608. The number of halogens is 4. The monoisotopic (exact) mass is 296 g/mol. The highest BCUT2D eigenvalue weighted by Gasteiger charge is 2.15. The Labute approximate surface area is 100 Å². The number of hydrogen-bond acceptors (Lipinski definition) is 2. The molecule has 90 valence electrons. The fourth-order valence-electron chi connectivity index (χ4n) is 1.34. The smallest absolute Gasteiger partial charge is 0.250 e. The van der Waals surface area contributed by atoms with Crippen LogP contribution in [0.1, 0.15) is 11.6 Å². The van der Waals surface area contributed by atoms with E-state index >= 15 is 0 Å². The first-order valence-electron chi connectivity index (χ1n) is 4.71. The molecule has 6 heteroatoms. The van der Waals surface area contributed by atoms with E-state index < -0.39 is 24.8 Å². The topological polar surface area (TPSA) is 38.0 Å². The highest BCUT2D eigenvalue weighted by atomic mass is 79.9. The molecular weight excluding hydrogens is 285 g/mol. The normalized spacial score (nSPS) is 13.1. The molecule has 2 nitrogen and oxygen atoms in total. The molecule has 0 bridgehead atoms. The molecule has 1 aromatic carbocycles. The summed E-state index contributed by atoms with van der Waals surface area (Å²) in [5.74, 6) is -0.466. The van der Waals surface area contributed by atoms with Gasteiger partial charge in [-0.25, -0.2) is 13.2 Å². The van der Waals surface area contributed by atoms with E-state index in [1.54, 1.807) is 6.07 Å². The lowest BCUT2D eigenvalue weighted by Gasteiger charge is -2.17. The van der Waals surface area contributed by atoms with E-state index in [2.05, 4.69) is 21.2 Å². The van der Waals surface area contributed by atoms with Crippen molar-refractivity contribution in [1.82, 2.24) is 5.32 Å². The van der Waals surface area contributed by atoms with Crippen molar-refractivity contribution in [2.45, 2.75) is 12.5 Å². The van der Waals surface area contributed by atoms with Gasteiger partial charge >= 0.3 is 0 Å². The highest BCUT2D eigenvalue weighted by molar-refractivity contribution is 9.10. The summed E-state index contributed by atoms with van der Waals surface area (Å²) in [5.41, 5.74) is 5.71. The second-order valence-corrected chi connectivity index (χ2v) is 4.17. The van der Waals surface area contributed by atoms with Crippen LogP contribution in [0.3, 0.4) is 0 Å². The number of hydrogen-bond donors (Lipinski definition) is 2. The summed E-state index contributed by atoms with van der Waals surface area (Å²) in [6, 6.07) is 3.85. The van der Waals surface area contributed by atoms with E-state index in [9.17, 15) is 13.2 Å². The predicted molar refractivity (Wildman–Crippen MR) is 59.9 cm³/mol. The second kappa shape index (κ2) is 6.22. The van der Waals surface area contributed by atoms with Gasteiger partial charge in [0.1, 0.15) is 5.82 Å². The molecule has 1 atom stereocenters. The second-order valence-electron chi connectivity index (χ2n) is 3.25.